The summed E-state index contributed by atoms with van der Waals surface area (Å²) in [7, 11) is 0. The third-order valence-electron chi connectivity index (χ3n) is 3.69. The van der Waals surface area contributed by atoms with Gasteiger partial charge in [0.2, 0.25) is 0 Å². The summed E-state index contributed by atoms with van der Waals surface area (Å²) >= 11 is 3.40. The Balaban J connectivity index is 2.21. The first kappa shape index (κ1) is 13.6. The Morgan fingerprint density at radius 2 is 2.33 bits per heavy atom. The van der Waals surface area contributed by atoms with E-state index >= 15 is 0 Å². The van der Waals surface area contributed by atoms with E-state index in [0.29, 0.717) is 12.5 Å². The van der Waals surface area contributed by atoms with Crippen LogP contribution in [0.5, 0.6) is 0 Å². The fourth-order valence-electron chi connectivity index (χ4n) is 2.65. The predicted octanol–water partition coefficient (Wildman–Crippen LogP) is 2.65. The Morgan fingerprint density at radius 3 is 3.00 bits per heavy atom. The van der Waals surface area contributed by atoms with Crippen LogP contribution in [0.4, 0.5) is 0 Å². The maximum atomic E-state index is 12.5. The number of hydrogen-bond acceptors (Lipinski definition) is 2. The topological polar surface area (TPSA) is 46.3 Å². The Hall–Kier alpha value is -0.870. The molecule has 2 unspecified atom stereocenters. The smallest absolute Gasteiger partial charge is 0.254 e. The van der Waals surface area contributed by atoms with Crippen LogP contribution < -0.4 is 5.73 Å². The number of carbonyl (C=O) groups excluding carboxylic acids is 1. The van der Waals surface area contributed by atoms with E-state index in [1.807, 2.05) is 29.2 Å². The minimum Gasteiger partial charge on any atom is -0.334 e. The van der Waals surface area contributed by atoms with Crippen molar-refractivity contribution in [1.82, 2.24) is 4.90 Å². The van der Waals surface area contributed by atoms with Gasteiger partial charge < -0.3 is 10.6 Å². The molecule has 1 heterocycles. The van der Waals surface area contributed by atoms with Crippen LogP contribution in [0.1, 0.15) is 30.1 Å². The number of halogens is 1. The molecule has 2 atom stereocenters. The summed E-state index contributed by atoms with van der Waals surface area (Å²) in [6, 6.07) is 7.72. The number of amides is 1. The van der Waals surface area contributed by atoms with Crippen LogP contribution in [0, 0.1) is 5.92 Å². The highest BCUT2D eigenvalue weighted by molar-refractivity contribution is 9.10. The minimum absolute atomic E-state index is 0.0956. The van der Waals surface area contributed by atoms with E-state index in [4.69, 9.17) is 5.73 Å². The number of likely N-dealkylation sites (tertiary alicyclic amines) is 1. The number of rotatable bonds is 2. The van der Waals surface area contributed by atoms with Crippen LogP contribution in [0.15, 0.2) is 28.7 Å². The van der Waals surface area contributed by atoms with Crippen molar-refractivity contribution in [2.75, 3.05) is 13.1 Å². The van der Waals surface area contributed by atoms with E-state index in [1.165, 1.54) is 0 Å². The monoisotopic (exact) mass is 310 g/mol. The molecule has 2 N–H and O–H groups in total. The minimum atomic E-state index is 0.0956. The lowest BCUT2D eigenvalue weighted by Crippen LogP contribution is -2.51. The van der Waals surface area contributed by atoms with Crippen molar-refractivity contribution in [3.63, 3.8) is 0 Å². The number of hydrogen-bond donors (Lipinski definition) is 1. The first-order chi connectivity index (χ1) is 8.63. The van der Waals surface area contributed by atoms with Crippen LogP contribution in [0.3, 0.4) is 0 Å². The van der Waals surface area contributed by atoms with Crippen molar-refractivity contribution in [3.8, 4) is 0 Å². The lowest BCUT2D eigenvalue weighted by molar-refractivity contribution is 0.0532. The SMILES string of the molecule is CC1CCCN(C(=O)c2cccc(Br)c2)C1CN. The van der Waals surface area contributed by atoms with E-state index in [0.717, 1.165) is 29.4 Å². The molecule has 1 saturated heterocycles. The average molecular weight is 311 g/mol. The molecular formula is C14H19BrN2O. The number of carbonyl (C=O) groups is 1. The Morgan fingerprint density at radius 1 is 1.56 bits per heavy atom. The van der Waals surface area contributed by atoms with Crippen molar-refractivity contribution >= 4 is 21.8 Å². The second-order valence-corrected chi connectivity index (χ2v) is 5.85. The van der Waals surface area contributed by atoms with Crippen LogP contribution in [-0.2, 0) is 0 Å². The highest BCUT2D eigenvalue weighted by Gasteiger charge is 2.31. The molecule has 0 saturated carbocycles. The van der Waals surface area contributed by atoms with Crippen molar-refractivity contribution in [2.45, 2.75) is 25.8 Å². The van der Waals surface area contributed by atoms with Crippen molar-refractivity contribution < 1.29 is 4.79 Å². The molecule has 1 aliphatic heterocycles. The average Bonchev–Trinajstić information content (AvgIpc) is 2.37. The number of nitrogens with two attached hydrogens (primary N) is 1. The van der Waals surface area contributed by atoms with Gasteiger partial charge in [0.25, 0.3) is 5.91 Å². The predicted molar refractivity (Wildman–Crippen MR) is 76.4 cm³/mol. The molecule has 0 spiro atoms. The lowest BCUT2D eigenvalue weighted by atomic mass is 9.90. The maximum absolute atomic E-state index is 12.5. The molecule has 1 amide bonds. The fourth-order valence-corrected chi connectivity index (χ4v) is 3.05. The molecule has 1 fully saturated rings. The maximum Gasteiger partial charge on any atom is 0.254 e. The normalized spacial score (nSPS) is 24.1. The molecular weight excluding hydrogens is 292 g/mol. The zero-order valence-corrected chi connectivity index (χ0v) is 12.2. The molecule has 98 valence electrons. The summed E-state index contributed by atoms with van der Waals surface area (Å²) in [6.07, 6.45) is 2.22. The Labute approximate surface area is 116 Å². The molecule has 0 radical (unpaired) electrons. The molecule has 1 aliphatic rings. The molecule has 3 nitrogen and oxygen atoms in total. The lowest BCUT2D eigenvalue weighted by Gasteiger charge is -2.39. The number of benzene rings is 1. The standard InChI is InChI=1S/C14H19BrN2O/c1-10-4-3-7-17(13(10)9-16)14(18)11-5-2-6-12(15)8-11/h2,5-6,8,10,13H,3-4,7,9,16H2,1H3. The van der Waals surface area contributed by atoms with E-state index in [9.17, 15) is 4.79 Å². The molecule has 1 aromatic rings. The summed E-state index contributed by atoms with van der Waals surface area (Å²) in [5.41, 5.74) is 6.56. The molecule has 1 aromatic carbocycles. The van der Waals surface area contributed by atoms with E-state index < -0.39 is 0 Å². The van der Waals surface area contributed by atoms with Gasteiger partial charge in [-0.05, 0) is 37.0 Å². The quantitative estimate of drug-likeness (QED) is 0.913. The molecule has 0 bridgehead atoms. The van der Waals surface area contributed by atoms with Crippen LogP contribution >= 0.6 is 15.9 Å². The van der Waals surface area contributed by atoms with Crippen molar-refractivity contribution in [2.24, 2.45) is 11.7 Å². The van der Waals surface area contributed by atoms with Gasteiger partial charge in [-0.1, -0.05) is 28.9 Å². The van der Waals surface area contributed by atoms with Gasteiger partial charge in [0.1, 0.15) is 0 Å². The van der Waals surface area contributed by atoms with E-state index in [2.05, 4.69) is 22.9 Å². The number of piperidine rings is 1. The molecule has 0 aromatic heterocycles. The fraction of sp³-hybridized carbons (Fsp3) is 0.500. The van der Waals surface area contributed by atoms with Crippen LogP contribution in [-0.4, -0.2) is 29.9 Å². The van der Waals surface area contributed by atoms with Gasteiger partial charge in [-0.2, -0.15) is 0 Å². The van der Waals surface area contributed by atoms with Gasteiger partial charge in [0, 0.05) is 29.2 Å². The Bertz CT molecular complexity index is 436. The first-order valence-electron chi connectivity index (χ1n) is 6.40. The summed E-state index contributed by atoms with van der Waals surface area (Å²) in [5, 5.41) is 0. The zero-order chi connectivity index (χ0) is 13.1. The second-order valence-electron chi connectivity index (χ2n) is 4.93. The molecule has 0 aliphatic carbocycles. The largest absolute Gasteiger partial charge is 0.334 e. The number of nitrogens with zero attached hydrogens (tertiary/aromatic N) is 1. The van der Waals surface area contributed by atoms with Crippen molar-refractivity contribution in [3.05, 3.63) is 34.3 Å². The summed E-state index contributed by atoms with van der Waals surface area (Å²) in [5.74, 6) is 0.582. The third kappa shape index (κ3) is 2.75. The highest BCUT2D eigenvalue weighted by Crippen LogP contribution is 2.25. The van der Waals surface area contributed by atoms with Gasteiger partial charge in [0.05, 0.1) is 0 Å². The van der Waals surface area contributed by atoms with Gasteiger partial charge in [-0.25, -0.2) is 0 Å². The second kappa shape index (κ2) is 5.85. The molecule has 4 heteroatoms. The van der Waals surface area contributed by atoms with Gasteiger partial charge in [-0.3, -0.25) is 4.79 Å². The molecule has 2 rings (SSSR count). The highest BCUT2D eigenvalue weighted by atomic mass is 79.9. The van der Waals surface area contributed by atoms with Gasteiger partial charge in [-0.15, -0.1) is 0 Å². The first-order valence-corrected chi connectivity index (χ1v) is 7.19. The van der Waals surface area contributed by atoms with Crippen LogP contribution in [0.25, 0.3) is 0 Å². The van der Waals surface area contributed by atoms with Gasteiger partial charge >= 0.3 is 0 Å². The Kier molecular flexibility index (Phi) is 4.40. The summed E-state index contributed by atoms with van der Waals surface area (Å²) in [6.45, 7) is 3.54. The van der Waals surface area contributed by atoms with Crippen LogP contribution in [0.2, 0.25) is 0 Å². The zero-order valence-electron chi connectivity index (χ0n) is 10.6. The van der Waals surface area contributed by atoms with Gasteiger partial charge in [0.15, 0.2) is 0 Å². The molecule has 18 heavy (non-hydrogen) atoms. The van der Waals surface area contributed by atoms with E-state index in [1.54, 1.807) is 0 Å². The summed E-state index contributed by atoms with van der Waals surface area (Å²) in [4.78, 5) is 14.5. The van der Waals surface area contributed by atoms with Crippen molar-refractivity contribution in [1.29, 1.82) is 0 Å². The van der Waals surface area contributed by atoms with E-state index in [-0.39, 0.29) is 11.9 Å². The summed E-state index contributed by atoms with van der Waals surface area (Å²) < 4.78 is 0.933. The third-order valence-corrected chi connectivity index (χ3v) is 4.18.